The van der Waals surface area contributed by atoms with Gasteiger partial charge in [-0.15, -0.1) is 0 Å². The zero-order chi connectivity index (χ0) is 30.0. The van der Waals surface area contributed by atoms with Crippen molar-refractivity contribution in [3.05, 3.63) is 96.6 Å². The van der Waals surface area contributed by atoms with E-state index in [0.717, 1.165) is 28.6 Å². The predicted molar refractivity (Wildman–Crippen MR) is 175 cm³/mol. The molecule has 2 N–H and O–H groups in total. The van der Waals surface area contributed by atoms with Crippen LogP contribution in [-0.2, 0) is 15.6 Å². The molecule has 220 valence electrons. The number of ether oxygens (including phenoxy) is 1. The lowest BCUT2D eigenvalue weighted by atomic mass is 9.94. The predicted octanol–water partition coefficient (Wildman–Crippen LogP) is 6.25. The Morgan fingerprint density at radius 1 is 0.905 bits per heavy atom. The summed E-state index contributed by atoms with van der Waals surface area (Å²) in [5, 5.41) is 18.9. The molecule has 4 aromatic carbocycles. The highest BCUT2D eigenvalue weighted by Gasteiger charge is 2.51. The maximum atomic E-state index is 11.5. The second kappa shape index (κ2) is 12.0. The highest BCUT2D eigenvalue weighted by molar-refractivity contribution is 6.99. The average Bonchev–Trinajstić information content (AvgIpc) is 2.95. The van der Waals surface area contributed by atoms with Crippen LogP contribution in [0.5, 0.6) is 5.75 Å². The van der Waals surface area contributed by atoms with Gasteiger partial charge in [-0.3, -0.25) is 4.79 Å². The molecule has 0 saturated carbocycles. The number of hydrogen-bond donors (Lipinski definition) is 2. The first kappa shape index (κ1) is 30.0. The highest BCUT2D eigenvalue weighted by Crippen LogP contribution is 2.41. The van der Waals surface area contributed by atoms with E-state index in [0.29, 0.717) is 19.6 Å². The van der Waals surface area contributed by atoms with E-state index in [-0.39, 0.29) is 23.3 Å². The van der Waals surface area contributed by atoms with Crippen LogP contribution < -0.4 is 20.4 Å². The molecule has 0 aliphatic carbocycles. The highest BCUT2D eigenvalue weighted by atomic mass is 28.4. The van der Waals surface area contributed by atoms with Gasteiger partial charge in [-0.25, -0.2) is 0 Å². The molecule has 0 amide bonds. The molecule has 0 aromatic heterocycles. The molecule has 0 saturated heterocycles. The van der Waals surface area contributed by atoms with Gasteiger partial charge in [-0.1, -0.05) is 106 Å². The van der Waals surface area contributed by atoms with Crippen LogP contribution in [0.4, 0.5) is 5.69 Å². The summed E-state index contributed by atoms with van der Waals surface area (Å²) < 4.78 is 13.7. The summed E-state index contributed by atoms with van der Waals surface area (Å²) in [5.41, 5.74) is 1.21. The van der Waals surface area contributed by atoms with Crippen LogP contribution in [0.15, 0.2) is 91.0 Å². The zero-order valence-corrected chi connectivity index (χ0v) is 26.4. The van der Waals surface area contributed by atoms with E-state index in [1.807, 2.05) is 6.07 Å². The first-order valence-corrected chi connectivity index (χ1v) is 16.8. The van der Waals surface area contributed by atoms with Crippen LogP contribution >= 0.6 is 0 Å². The summed E-state index contributed by atoms with van der Waals surface area (Å²) in [5.74, 6) is 0.750. The number of nitrogens with one attached hydrogen (secondary N) is 1. The summed E-state index contributed by atoms with van der Waals surface area (Å²) in [6.07, 6.45) is 1.27. The first-order valence-electron chi connectivity index (χ1n) is 14.9. The van der Waals surface area contributed by atoms with Crippen molar-refractivity contribution in [2.24, 2.45) is 0 Å². The number of benzene rings is 4. The molecule has 1 heterocycles. The van der Waals surface area contributed by atoms with Gasteiger partial charge in [0.2, 0.25) is 0 Å². The summed E-state index contributed by atoms with van der Waals surface area (Å²) in [4.78, 5) is 11.5. The Morgan fingerprint density at radius 2 is 1.48 bits per heavy atom. The quantitative estimate of drug-likeness (QED) is 0.217. The van der Waals surface area contributed by atoms with Crippen molar-refractivity contribution >= 4 is 40.9 Å². The van der Waals surface area contributed by atoms with Crippen LogP contribution in [-0.4, -0.2) is 44.1 Å². The number of fused-ring (bicyclic) bond motifs is 3. The van der Waals surface area contributed by atoms with Gasteiger partial charge in [-0.2, -0.15) is 0 Å². The van der Waals surface area contributed by atoms with Gasteiger partial charge in [0.1, 0.15) is 11.5 Å². The van der Waals surface area contributed by atoms with E-state index >= 15 is 0 Å². The second-order valence-electron chi connectivity index (χ2n) is 12.9. The SMILES string of the molecule is CC(=O)CC(C)(O)CCOc1cc2c(c3ccccc13)CC(O[Si](c1ccccc1)(c1ccccc1)C(C)(C)C)CN2. The van der Waals surface area contributed by atoms with Crippen molar-refractivity contribution in [3.8, 4) is 5.75 Å². The van der Waals surface area contributed by atoms with Crippen LogP contribution in [0, 0.1) is 0 Å². The third-order valence-electron chi connectivity index (χ3n) is 8.36. The number of rotatable bonds is 10. The van der Waals surface area contributed by atoms with Crippen LogP contribution in [0.3, 0.4) is 0 Å². The number of aliphatic hydroxyl groups is 1. The largest absolute Gasteiger partial charge is 0.493 e. The number of Topliss-reactive ketones (excluding diaryl/α,β-unsaturated/α-hetero) is 1. The van der Waals surface area contributed by atoms with Crippen molar-refractivity contribution in [1.29, 1.82) is 0 Å². The molecule has 42 heavy (non-hydrogen) atoms. The van der Waals surface area contributed by atoms with Crippen LogP contribution in [0.2, 0.25) is 5.04 Å². The third-order valence-corrected chi connectivity index (χ3v) is 13.5. The minimum Gasteiger partial charge on any atom is -0.493 e. The topological polar surface area (TPSA) is 67.8 Å². The number of carbonyl (C=O) groups excluding carboxylic acids is 1. The Kier molecular flexibility index (Phi) is 8.60. The fraction of sp³-hybridized carbons (Fsp3) is 0.361. The summed E-state index contributed by atoms with van der Waals surface area (Å²) in [6.45, 7) is 11.2. The molecule has 2 atom stereocenters. The second-order valence-corrected chi connectivity index (χ2v) is 17.2. The minimum absolute atomic E-state index is 0.0133. The lowest BCUT2D eigenvalue weighted by Gasteiger charge is -2.46. The molecule has 0 radical (unpaired) electrons. The van der Waals surface area contributed by atoms with E-state index in [9.17, 15) is 9.90 Å². The Morgan fingerprint density at radius 3 is 2.05 bits per heavy atom. The maximum Gasteiger partial charge on any atom is 0.261 e. The van der Waals surface area contributed by atoms with E-state index in [1.54, 1.807) is 6.92 Å². The molecule has 2 unspecified atom stereocenters. The van der Waals surface area contributed by atoms with Gasteiger partial charge in [0.25, 0.3) is 8.32 Å². The molecule has 1 aliphatic heterocycles. The Labute approximate surface area is 251 Å². The molecular weight excluding hydrogens is 538 g/mol. The third kappa shape index (κ3) is 6.17. The van der Waals surface area contributed by atoms with Crippen molar-refractivity contribution in [2.75, 3.05) is 18.5 Å². The standard InChI is InChI=1S/C36H43NO4Si/c1-26(38)24-36(5,39)20-21-40-34-23-33-32(30-18-12-13-19-31(30)34)22-27(25-37-33)41-42(35(2,3)4,28-14-8-6-9-15-28)29-16-10-7-11-17-29/h6-19,23,27,37,39H,20-22,24-25H2,1-5H3. The summed E-state index contributed by atoms with van der Waals surface area (Å²) in [6, 6.07) is 32.0. The Balaban J connectivity index is 1.47. The number of carbonyl (C=O) groups is 1. The first-order chi connectivity index (χ1) is 20.0. The molecular formula is C36H43NO4Si. The fourth-order valence-corrected chi connectivity index (χ4v) is 11.1. The van der Waals surface area contributed by atoms with Gasteiger partial charge in [-0.05, 0) is 40.2 Å². The van der Waals surface area contributed by atoms with Gasteiger partial charge >= 0.3 is 0 Å². The van der Waals surface area contributed by atoms with E-state index in [1.165, 1.54) is 22.9 Å². The van der Waals surface area contributed by atoms with E-state index < -0.39 is 13.9 Å². The van der Waals surface area contributed by atoms with Gasteiger partial charge in [0, 0.05) is 42.9 Å². The van der Waals surface area contributed by atoms with Crippen LogP contribution in [0.1, 0.15) is 53.0 Å². The van der Waals surface area contributed by atoms with Gasteiger partial charge < -0.3 is 19.6 Å². The Hall–Kier alpha value is -3.45. The Bertz CT molecular complexity index is 1490. The number of hydrogen-bond acceptors (Lipinski definition) is 5. The van der Waals surface area contributed by atoms with Crippen molar-refractivity contribution in [2.45, 2.75) is 70.6 Å². The summed E-state index contributed by atoms with van der Waals surface area (Å²) >= 11 is 0. The van der Waals surface area contributed by atoms with Crippen molar-refractivity contribution in [1.82, 2.24) is 0 Å². The number of anilines is 1. The number of ketones is 1. The molecule has 0 bridgehead atoms. The maximum absolute atomic E-state index is 11.5. The fourth-order valence-electron chi connectivity index (χ4n) is 6.45. The lowest BCUT2D eigenvalue weighted by Crippen LogP contribution is -2.68. The van der Waals surface area contributed by atoms with E-state index in [4.69, 9.17) is 9.16 Å². The van der Waals surface area contributed by atoms with Gasteiger partial charge in [0.15, 0.2) is 0 Å². The average molecular weight is 582 g/mol. The molecule has 0 spiro atoms. The zero-order valence-electron chi connectivity index (χ0n) is 25.4. The lowest BCUT2D eigenvalue weighted by molar-refractivity contribution is -0.121. The molecule has 6 heteroatoms. The minimum atomic E-state index is -2.70. The molecule has 0 fully saturated rings. The molecule has 4 aromatic rings. The van der Waals surface area contributed by atoms with Gasteiger partial charge in [0.05, 0.1) is 18.3 Å². The monoisotopic (exact) mass is 581 g/mol. The molecule has 1 aliphatic rings. The normalized spacial score (nSPS) is 16.8. The van der Waals surface area contributed by atoms with Crippen LogP contribution in [0.25, 0.3) is 10.8 Å². The van der Waals surface area contributed by atoms with Crippen molar-refractivity contribution in [3.63, 3.8) is 0 Å². The molecule has 5 rings (SSSR count). The summed E-state index contributed by atoms with van der Waals surface area (Å²) in [7, 11) is -2.70. The smallest absolute Gasteiger partial charge is 0.261 e. The molecule has 5 nitrogen and oxygen atoms in total. The van der Waals surface area contributed by atoms with E-state index in [2.05, 4.69) is 111 Å². The van der Waals surface area contributed by atoms with Crippen molar-refractivity contribution < 1.29 is 19.1 Å².